The first kappa shape index (κ1) is 22.6. The maximum atomic E-state index is 12.8. The summed E-state index contributed by atoms with van der Waals surface area (Å²) in [6.07, 6.45) is 3.87. The molecule has 172 valence electrons. The van der Waals surface area contributed by atoms with Gasteiger partial charge < -0.3 is 19.5 Å². The van der Waals surface area contributed by atoms with E-state index in [9.17, 15) is 9.59 Å². The van der Waals surface area contributed by atoms with E-state index < -0.39 is 0 Å². The Bertz CT molecular complexity index is 1060. The standard InChI is InChI=1S/C26H29N3O4/c1-32-22-12-7-20(8-13-22)15-16-27-26(31)24-17-23(33-28-24)18-29(21-10-11-21)25(30)14-9-19-5-3-2-4-6-19/h2-8,12-13,17,21H,9-11,14-16,18H2,1H3,(H,27,31). The van der Waals surface area contributed by atoms with E-state index in [0.717, 1.165) is 29.7 Å². The van der Waals surface area contributed by atoms with Crippen LogP contribution < -0.4 is 10.1 Å². The summed E-state index contributed by atoms with van der Waals surface area (Å²) in [6, 6.07) is 19.6. The van der Waals surface area contributed by atoms with Crippen LogP contribution in [-0.4, -0.2) is 41.6 Å². The minimum Gasteiger partial charge on any atom is -0.497 e. The summed E-state index contributed by atoms with van der Waals surface area (Å²) < 4.78 is 10.5. The molecule has 2 amide bonds. The fourth-order valence-electron chi connectivity index (χ4n) is 3.71. The average molecular weight is 448 g/mol. The summed E-state index contributed by atoms with van der Waals surface area (Å²) in [7, 11) is 1.63. The van der Waals surface area contributed by atoms with Gasteiger partial charge in [-0.2, -0.15) is 0 Å². The number of aromatic nitrogens is 1. The van der Waals surface area contributed by atoms with E-state index in [4.69, 9.17) is 9.26 Å². The second-order valence-electron chi connectivity index (χ2n) is 8.27. The maximum Gasteiger partial charge on any atom is 0.273 e. The van der Waals surface area contributed by atoms with Crippen LogP contribution in [0.4, 0.5) is 0 Å². The van der Waals surface area contributed by atoms with E-state index in [1.165, 1.54) is 0 Å². The van der Waals surface area contributed by atoms with E-state index in [1.807, 2.05) is 59.5 Å². The topological polar surface area (TPSA) is 84.7 Å². The van der Waals surface area contributed by atoms with Crippen molar-refractivity contribution in [3.63, 3.8) is 0 Å². The van der Waals surface area contributed by atoms with E-state index in [0.29, 0.717) is 38.1 Å². The second-order valence-corrected chi connectivity index (χ2v) is 8.27. The van der Waals surface area contributed by atoms with Gasteiger partial charge >= 0.3 is 0 Å². The Kier molecular flexibility index (Phi) is 7.40. The molecule has 3 aromatic rings. The number of carbonyl (C=O) groups is 2. The third kappa shape index (κ3) is 6.44. The van der Waals surface area contributed by atoms with Crippen LogP contribution in [0.15, 0.2) is 65.2 Å². The molecule has 7 nitrogen and oxygen atoms in total. The zero-order valence-electron chi connectivity index (χ0n) is 18.8. The van der Waals surface area contributed by atoms with Gasteiger partial charge in [0.1, 0.15) is 5.75 Å². The highest BCUT2D eigenvalue weighted by molar-refractivity contribution is 5.92. The van der Waals surface area contributed by atoms with Gasteiger partial charge in [-0.05, 0) is 48.9 Å². The number of methoxy groups -OCH3 is 1. The lowest BCUT2D eigenvalue weighted by Crippen LogP contribution is -2.32. The van der Waals surface area contributed by atoms with Crippen molar-refractivity contribution in [3.8, 4) is 5.75 Å². The number of nitrogens with zero attached hydrogens (tertiary/aromatic N) is 2. The van der Waals surface area contributed by atoms with Crippen LogP contribution in [0.5, 0.6) is 5.75 Å². The predicted molar refractivity (Wildman–Crippen MR) is 124 cm³/mol. The largest absolute Gasteiger partial charge is 0.497 e. The molecule has 1 saturated carbocycles. The molecule has 1 aliphatic carbocycles. The lowest BCUT2D eigenvalue weighted by atomic mass is 10.1. The van der Waals surface area contributed by atoms with E-state index in [2.05, 4.69) is 10.5 Å². The van der Waals surface area contributed by atoms with Crippen LogP contribution in [0, 0.1) is 0 Å². The molecule has 0 aliphatic heterocycles. The van der Waals surface area contributed by atoms with E-state index in [-0.39, 0.29) is 23.6 Å². The summed E-state index contributed by atoms with van der Waals surface area (Å²) in [5.41, 5.74) is 2.48. The number of rotatable bonds is 11. The van der Waals surface area contributed by atoms with Crippen molar-refractivity contribution in [2.45, 2.75) is 44.7 Å². The van der Waals surface area contributed by atoms with Gasteiger partial charge in [-0.3, -0.25) is 9.59 Å². The Balaban J connectivity index is 1.27. The van der Waals surface area contributed by atoms with Crippen LogP contribution in [0.25, 0.3) is 0 Å². The van der Waals surface area contributed by atoms with Gasteiger partial charge in [-0.15, -0.1) is 0 Å². The Morgan fingerprint density at radius 2 is 1.79 bits per heavy atom. The number of hydrogen-bond donors (Lipinski definition) is 1. The summed E-state index contributed by atoms with van der Waals surface area (Å²) >= 11 is 0. The van der Waals surface area contributed by atoms with Gasteiger partial charge in [0.25, 0.3) is 5.91 Å². The molecular weight excluding hydrogens is 418 g/mol. The number of carbonyl (C=O) groups excluding carboxylic acids is 2. The Labute approximate surface area is 193 Å². The van der Waals surface area contributed by atoms with Crippen molar-refractivity contribution in [1.82, 2.24) is 15.4 Å². The number of hydrogen-bond acceptors (Lipinski definition) is 5. The monoisotopic (exact) mass is 447 g/mol. The van der Waals surface area contributed by atoms with Crippen molar-refractivity contribution >= 4 is 11.8 Å². The van der Waals surface area contributed by atoms with Crippen molar-refractivity contribution in [2.24, 2.45) is 0 Å². The molecule has 1 heterocycles. The van der Waals surface area contributed by atoms with Crippen molar-refractivity contribution in [3.05, 3.63) is 83.2 Å². The summed E-state index contributed by atoms with van der Waals surface area (Å²) in [6.45, 7) is 0.823. The molecule has 0 radical (unpaired) electrons. The minimum absolute atomic E-state index is 0.100. The Hall–Kier alpha value is -3.61. The van der Waals surface area contributed by atoms with Gasteiger partial charge in [0, 0.05) is 25.1 Å². The highest BCUT2D eigenvalue weighted by Crippen LogP contribution is 2.29. The van der Waals surface area contributed by atoms with Crippen molar-refractivity contribution in [1.29, 1.82) is 0 Å². The third-order valence-corrected chi connectivity index (χ3v) is 5.75. The third-order valence-electron chi connectivity index (χ3n) is 5.75. The second kappa shape index (κ2) is 10.8. The molecule has 2 aromatic carbocycles. The lowest BCUT2D eigenvalue weighted by Gasteiger charge is -2.21. The number of amides is 2. The molecule has 1 aliphatic rings. The van der Waals surface area contributed by atoms with Gasteiger partial charge in [0.2, 0.25) is 5.91 Å². The zero-order chi connectivity index (χ0) is 23.0. The first-order valence-electron chi connectivity index (χ1n) is 11.3. The number of ether oxygens (including phenoxy) is 1. The number of aryl methyl sites for hydroxylation is 1. The molecule has 1 N–H and O–H groups in total. The van der Waals surface area contributed by atoms with Gasteiger partial charge in [-0.25, -0.2) is 0 Å². The molecule has 1 aromatic heterocycles. The molecule has 0 bridgehead atoms. The molecule has 0 saturated heterocycles. The quantitative estimate of drug-likeness (QED) is 0.484. The molecule has 0 unspecified atom stereocenters. The predicted octanol–water partition coefficient (Wildman–Crippen LogP) is 3.78. The van der Waals surface area contributed by atoms with Gasteiger partial charge in [0.05, 0.1) is 13.7 Å². The van der Waals surface area contributed by atoms with Crippen molar-refractivity contribution < 1.29 is 18.8 Å². The minimum atomic E-state index is -0.285. The average Bonchev–Trinajstić information content (AvgIpc) is 3.59. The molecule has 4 rings (SSSR count). The first-order valence-corrected chi connectivity index (χ1v) is 11.3. The normalized spacial score (nSPS) is 12.9. The zero-order valence-corrected chi connectivity index (χ0v) is 18.8. The Morgan fingerprint density at radius 3 is 2.48 bits per heavy atom. The smallest absolute Gasteiger partial charge is 0.273 e. The first-order chi connectivity index (χ1) is 16.1. The summed E-state index contributed by atoms with van der Waals surface area (Å²) in [5.74, 6) is 1.14. The summed E-state index contributed by atoms with van der Waals surface area (Å²) in [5, 5.41) is 6.77. The van der Waals surface area contributed by atoms with Gasteiger partial charge in [-0.1, -0.05) is 47.6 Å². The molecule has 33 heavy (non-hydrogen) atoms. The van der Waals surface area contributed by atoms with Gasteiger partial charge in [0.15, 0.2) is 11.5 Å². The van der Waals surface area contributed by atoms with Crippen molar-refractivity contribution in [2.75, 3.05) is 13.7 Å². The molecule has 0 spiro atoms. The SMILES string of the molecule is COc1ccc(CCNC(=O)c2cc(CN(C(=O)CCc3ccccc3)C3CC3)on2)cc1. The fraction of sp³-hybridized carbons (Fsp3) is 0.346. The maximum absolute atomic E-state index is 12.8. The Morgan fingerprint density at radius 1 is 1.06 bits per heavy atom. The van der Waals surface area contributed by atoms with Crippen LogP contribution >= 0.6 is 0 Å². The van der Waals surface area contributed by atoms with E-state index >= 15 is 0 Å². The number of benzene rings is 2. The van der Waals surface area contributed by atoms with Crippen LogP contribution in [0.3, 0.4) is 0 Å². The molecule has 7 heteroatoms. The highest BCUT2D eigenvalue weighted by atomic mass is 16.5. The van der Waals surface area contributed by atoms with Crippen LogP contribution in [0.2, 0.25) is 0 Å². The molecular formula is C26H29N3O4. The molecule has 1 fully saturated rings. The lowest BCUT2D eigenvalue weighted by molar-refractivity contribution is -0.132. The summed E-state index contributed by atoms with van der Waals surface area (Å²) in [4.78, 5) is 27.1. The van der Waals surface area contributed by atoms with E-state index in [1.54, 1.807) is 13.2 Å². The number of nitrogens with one attached hydrogen (secondary N) is 1. The van der Waals surface area contributed by atoms with Crippen LogP contribution in [-0.2, 0) is 24.2 Å². The highest BCUT2D eigenvalue weighted by Gasteiger charge is 2.33. The molecule has 0 atom stereocenters. The van der Waals surface area contributed by atoms with Crippen LogP contribution in [0.1, 0.15) is 46.6 Å². The fourth-order valence-corrected chi connectivity index (χ4v) is 3.71.